The Bertz CT molecular complexity index is 458. The monoisotopic (exact) mass is 306 g/mol. The van der Waals surface area contributed by atoms with Crippen molar-refractivity contribution in [2.24, 2.45) is 11.7 Å². The van der Waals surface area contributed by atoms with Gasteiger partial charge in [-0.25, -0.2) is 0 Å². The summed E-state index contributed by atoms with van der Waals surface area (Å²) in [5.74, 6) is 3.57. The molecule has 0 spiro atoms. The van der Waals surface area contributed by atoms with Crippen LogP contribution in [0.15, 0.2) is 22.7 Å². The van der Waals surface area contributed by atoms with E-state index >= 15 is 0 Å². The molecule has 1 aliphatic rings. The summed E-state index contributed by atoms with van der Waals surface area (Å²) in [5.41, 5.74) is 8.22. The molecule has 18 heavy (non-hydrogen) atoms. The van der Waals surface area contributed by atoms with Crippen LogP contribution >= 0.6 is 15.9 Å². The fraction of sp³-hybridized carbons (Fsp3) is 0.467. The van der Waals surface area contributed by atoms with Gasteiger partial charge in [-0.1, -0.05) is 27.9 Å². The molecule has 1 aliphatic carbocycles. The molecule has 0 aromatic heterocycles. The van der Waals surface area contributed by atoms with Crippen LogP contribution in [0.2, 0.25) is 0 Å². The molecule has 96 valence electrons. The van der Waals surface area contributed by atoms with Crippen molar-refractivity contribution in [3.05, 3.63) is 28.2 Å². The number of rotatable bonds is 5. The summed E-state index contributed by atoms with van der Waals surface area (Å²) in [6, 6.07) is 6.36. The number of nitrogens with zero attached hydrogens (tertiary/aromatic N) is 1. The van der Waals surface area contributed by atoms with Crippen molar-refractivity contribution < 1.29 is 0 Å². The first kappa shape index (κ1) is 13.5. The smallest absolute Gasteiger partial charge is 0.0791 e. The number of benzene rings is 1. The summed E-state index contributed by atoms with van der Waals surface area (Å²) in [7, 11) is 0. The van der Waals surface area contributed by atoms with Crippen LogP contribution in [0.25, 0.3) is 0 Å². The highest BCUT2D eigenvalue weighted by molar-refractivity contribution is 9.10. The summed E-state index contributed by atoms with van der Waals surface area (Å²) in [6.45, 7) is 3.72. The first-order valence-corrected chi connectivity index (χ1v) is 7.14. The van der Waals surface area contributed by atoms with Crippen molar-refractivity contribution in [1.82, 2.24) is 0 Å². The lowest BCUT2D eigenvalue weighted by Gasteiger charge is -2.23. The van der Waals surface area contributed by atoms with E-state index in [0.717, 1.165) is 22.5 Å². The molecule has 1 saturated carbocycles. The third-order valence-electron chi connectivity index (χ3n) is 3.30. The molecular formula is C15H19BrN2. The standard InChI is InChI=1S/C15H19BrN2/c1-3-8-18(10-12-4-5-12)13-6-7-14(11(2)17)15(16)9-13/h1,6-7,9,11-12H,4-5,8,10,17H2,2H3/t11-/m1/s1. The number of hydrogen-bond acceptors (Lipinski definition) is 2. The molecule has 2 rings (SSSR count). The normalized spacial score (nSPS) is 16.1. The predicted octanol–water partition coefficient (Wildman–Crippen LogP) is 3.32. The molecule has 1 fully saturated rings. The van der Waals surface area contributed by atoms with Crippen LogP contribution < -0.4 is 10.6 Å². The van der Waals surface area contributed by atoms with E-state index in [1.165, 1.54) is 18.5 Å². The lowest BCUT2D eigenvalue weighted by Crippen LogP contribution is -2.26. The summed E-state index contributed by atoms with van der Waals surface area (Å²) >= 11 is 3.59. The Kier molecular flexibility index (Phi) is 4.31. The van der Waals surface area contributed by atoms with Gasteiger partial charge in [-0.3, -0.25) is 0 Å². The van der Waals surface area contributed by atoms with E-state index < -0.39 is 0 Å². The van der Waals surface area contributed by atoms with Crippen molar-refractivity contribution in [1.29, 1.82) is 0 Å². The Balaban J connectivity index is 2.19. The molecule has 0 aliphatic heterocycles. The topological polar surface area (TPSA) is 29.3 Å². The van der Waals surface area contributed by atoms with Gasteiger partial charge in [0.2, 0.25) is 0 Å². The number of nitrogens with two attached hydrogens (primary N) is 1. The average Bonchev–Trinajstić information content (AvgIpc) is 3.11. The van der Waals surface area contributed by atoms with Gasteiger partial charge in [0, 0.05) is 22.7 Å². The first-order valence-electron chi connectivity index (χ1n) is 6.35. The summed E-state index contributed by atoms with van der Waals surface area (Å²) < 4.78 is 1.06. The van der Waals surface area contributed by atoms with Gasteiger partial charge < -0.3 is 10.6 Å². The van der Waals surface area contributed by atoms with Gasteiger partial charge in [-0.2, -0.15) is 0 Å². The van der Waals surface area contributed by atoms with E-state index in [0.29, 0.717) is 6.54 Å². The second kappa shape index (κ2) is 5.77. The highest BCUT2D eigenvalue weighted by Gasteiger charge is 2.24. The summed E-state index contributed by atoms with van der Waals surface area (Å²) in [4.78, 5) is 2.27. The molecular weight excluding hydrogens is 288 g/mol. The van der Waals surface area contributed by atoms with E-state index in [4.69, 9.17) is 12.2 Å². The van der Waals surface area contributed by atoms with E-state index in [-0.39, 0.29) is 6.04 Å². The second-order valence-corrected chi connectivity index (χ2v) is 5.88. The summed E-state index contributed by atoms with van der Waals surface area (Å²) in [5, 5.41) is 0. The van der Waals surface area contributed by atoms with Gasteiger partial charge in [0.25, 0.3) is 0 Å². The zero-order chi connectivity index (χ0) is 13.1. The minimum absolute atomic E-state index is 0.0398. The SMILES string of the molecule is C#CCN(CC1CC1)c1ccc([C@@H](C)N)c(Br)c1. The molecule has 0 bridgehead atoms. The van der Waals surface area contributed by atoms with E-state index in [9.17, 15) is 0 Å². The van der Waals surface area contributed by atoms with Gasteiger partial charge >= 0.3 is 0 Å². The zero-order valence-electron chi connectivity index (χ0n) is 10.7. The number of anilines is 1. The number of terminal acetylenes is 1. The molecule has 1 aromatic rings. The molecule has 1 aromatic carbocycles. The molecule has 1 atom stereocenters. The van der Waals surface area contributed by atoms with Crippen molar-refractivity contribution >= 4 is 21.6 Å². The van der Waals surface area contributed by atoms with Crippen LogP contribution in [0.1, 0.15) is 31.4 Å². The van der Waals surface area contributed by atoms with Gasteiger partial charge in [0.05, 0.1) is 6.54 Å². The van der Waals surface area contributed by atoms with Crippen molar-refractivity contribution in [3.8, 4) is 12.3 Å². The van der Waals surface area contributed by atoms with Crippen LogP contribution in [-0.4, -0.2) is 13.1 Å². The molecule has 2 N–H and O–H groups in total. The van der Waals surface area contributed by atoms with E-state index in [1.54, 1.807) is 0 Å². The maximum Gasteiger partial charge on any atom is 0.0791 e. The van der Waals surface area contributed by atoms with Crippen molar-refractivity contribution in [2.45, 2.75) is 25.8 Å². The Morgan fingerprint density at radius 1 is 1.56 bits per heavy atom. The molecule has 0 heterocycles. The lowest BCUT2D eigenvalue weighted by molar-refractivity contribution is 0.763. The van der Waals surface area contributed by atoms with Gasteiger partial charge in [-0.05, 0) is 43.4 Å². The lowest BCUT2D eigenvalue weighted by atomic mass is 10.1. The highest BCUT2D eigenvalue weighted by Crippen LogP contribution is 2.33. The van der Waals surface area contributed by atoms with Gasteiger partial charge in [0.1, 0.15) is 0 Å². The fourth-order valence-electron chi connectivity index (χ4n) is 2.07. The Hall–Kier alpha value is -0.980. The fourth-order valence-corrected chi connectivity index (χ4v) is 2.79. The van der Waals surface area contributed by atoms with Crippen LogP contribution in [0.3, 0.4) is 0 Å². The molecule has 0 radical (unpaired) electrons. The average molecular weight is 307 g/mol. The minimum atomic E-state index is 0.0398. The van der Waals surface area contributed by atoms with Crippen molar-refractivity contribution in [3.63, 3.8) is 0 Å². The minimum Gasteiger partial charge on any atom is -0.360 e. The molecule has 0 amide bonds. The second-order valence-electron chi connectivity index (χ2n) is 5.02. The van der Waals surface area contributed by atoms with Crippen LogP contribution in [0, 0.1) is 18.3 Å². The molecule has 0 saturated heterocycles. The Morgan fingerprint density at radius 2 is 2.28 bits per heavy atom. The maximum absolute atomic E-state index is 5.91. The largest absolute Gasteiger partial charge is 0.360 e. The zero-order valence-corrected chi connectivity index (χ0v) is 12.3. The summed E-state index contributed by atoms with van der Waals surface area (Å²) in [6.07, 6.45) is 8.12. The van der Waals surface area contributed by atoms with Crippen LogP contribution in [-0.2, 0) is 0 Å². The Labute approximate surface area is 118 Å². The quantitative estimate of drug-likeness (QED) is 0.846. The van der Waals surface area contributed by atoms with Crippen LogP contribution in [0.5, 0.6) is 0 Å². The number of hydrogen-bond donors (Lipinski definition) is 1. The van der Waals surface area contributed by atoms with Gasteiger partial charge in [0.15, 0.2) is 0 Å². The van der Waals surface area contributed by atoms with E-state index in [1.807, 2.05) is 6.92 Å². The highest BCUT2D eigenvalue weighted by atomic mass is 79.9. The Morgan fingerprint density at radius 3 is 2.78 bits per heavy atom. The molecule has 0 unspecified atom stereocenters. The number of halogens is 1. The third kappa shape index (κ3) is 3.28. The van der Waals surface area contributed by atoms with Crippen LogP contribution in [0.4, 0.5) is 5.69 Å². The van der Waals surface area contributed by atoms with E-state index in [2.05, 4.69) is 44.9 Å². The van der Waals surface area contributed by atoms with Crippen molar-refractivity contribution in [2.75, 3.05) is 18.0 Å². The first-order chi connectivity index (χ1) is 8.61. The van der Waals surface area contributed by atoms with Gasteiger partial charge in [-0.15, -0.1) is 6.42 Å². The predicted molar refractivity (Wildman–Crippen MR) is 80.5 cm³/mol. The molecule has 3 heteroatoms. The molecule has 2 nitrogen and oxygen atoms in total. The third-order valence-corrected chi connectivity index (χ3v) is 3.98. The maximum atomic E-state index is 5.91.